The molecule has 8 nitrogen and oxygen atoms in total. The molecule has 8 heteroatoms. The summed E-state index contributed by atoms with van der Waals surface area (Å²) < 4.78 is 17.7. The normalized spacial score (nSPS) is 31.0. The summed E-state index contributed by atoms with van der Waals surface area (Å²) in [4.78, 5) is 25.4. The lowest BCUT2D eigenvalue weighted by atomic mass is 9.54. The van der Waals surface area contributed by atoms with Crippen LogP contribution in [0.4, 0.5) is 0 Å². The summed E-state index contributed by atoms with van der Waals surface area (Å²) in [6.45, 7) is 4.76. The van der Waals surface area contributed by atoms with Crippen molar-refractivity contribution in [2.75, 3.05) is 20.7 Å². The van der Waals surface area contributed by atoms with Crippen molar-refractivity contribution in [3.8, 4) is 11.5 Å². The monoisotopic (exact) mass is 445 g/mol. The number of hydrogen-bond acceptors (Lipinski definition) is 7. The Morgan fingerprint density at radius 2 is 2.06 bits per heavy atom. The van der Waals surface area contributed by atoms with Crippen LogP contribution in [0, 0.1) is 6.92 Å². The standard InChI is InChI=1S/C24H31NO7/c1-14-8-9-16(30-4)21-20(14)23-12-13-25(3)15(2)24(23,29)11-10-17(22(23)32-21)31-19(28)7-5-6-18(26)27/h8-10,15,22,29H,5-7,11-13H2,1-4H3,(H,26,27)/t15?,22-,23-,24+/m0/s1. The molecule has 1 aromatic carbocycles. The molecular weight excluding hydrogens is 414 g/mol. The summed E-state index contributed by atoms with van der Waals surface area (Å²) >= 11 is 0. The maximum Gasteiger partial charge on any atom is 0.310 e. The molecule has 0 radical (unpaired) electrons. The minimum atomic E-state index is -1.13. The molecule has 1 aromatic rings. The van der Waals surface area contributed by atoms with Crippen molar-refractivity contribution in [2.45, 2.75) is 69.1 Å². The molecule has 1 spiro atoms. The van der Waals surface area contributed by atoms with Gasteiger partial charge >= 0.3 is 11.9 Å². The second kappa shape index (κ2) is 8.08. The van der Waals surface area contributed by atoms with Crippen LogP contribution in [0.25, 0.3) is 0 Å². The van der Waals surface area contributed by atoms with Gasteiger partial charge in [-0.1, -0.05) is 6.07 Å². The van der Waals surface area contributed by atoms with Gasteiger partial charge in [-0.25, -0.2) is 0 Å². The van der Waals surface area contributed by atoms with E-state index in [0.717, 1.165) is 17.7 Å². The number of carboxylic acid groups (broad SMARTS) is 1. The van der Waals surface area contributed by atoms with Gasteiger partial charge in [0.2, 0.25) is 0 Å². The molecule has 2 aliphatic heterocycles. The summed E-state index contributed by atoms with van der Waals surface area (Å²) in [5.74, 6) is 0.0979. The number of hydrogen-bond donors (Lipinski definition) is 2. The van der Waals surface area contributed by atoms with Crippen LogP contribution in [0.15, 0.2) is 24.0 Å². The molecule has 32 heavy (non-hydrogen) atoms. The second-order valence-electron chi connectivity index (χ2n) is 9.12. The zero-order chi connectivity index (χ0) is 23.3. The lowest BCUT2D eigenvalue weighted by Gasteiger charge is -2.58. The van der Waals surface area contributed by atoms with Gasteiger partial charge in [0.15, 0.2) is 17.6 Å². The van der Waals surface area contributed by atoms with Crippen LogP contribution in [-0.2, 0) is 19.7 Å². The topological polar surface area (TPSA) is 106 Å². The highest BCUT2D eigenvalue weighted by molar-refractivity contribution is 5.73. The first-order valence-electron chi connectivity index (χ1n) is 11.1. The van der Waals surface area contributed by atoms with E-state index in [1.807, 2.05) is 33.0 Å². The number of ether oxygens (including phenoxy) is 3. The fourth-order valence-electron chi connectivity index (χ4n) is 5.72. The van der Waals surface area contributed by atoms with E-state index < -0.39 is 29.1 Å². The number of likely N-dealkylation sites (tertiary alicyclic amines) is 1. The lowest BCUT2D eigenvalue weighted by molar-refractivity contribution is -0.162. The molecule has 0 amide bonds. The van der Waals surface area contributed by atoms with Gasteiger partial charge in [-0.3, -0.25) is 9.59 Å². The fraction of sp³-hybridized carbons (Fsp3) is 0.583. The number of benzene rings is 1. The van der Waals surface area contributed by atoms with Crippen molar-refractivity contribution in [1.82, 2.24) is 4.90 Å². The number of carbonyl (C=O) groups excluding carboxylic acids is 1. The van der Waals surface area contributed by atoms with Crippen LogP contribution in [-0.4, -0.2) is 65.5 Å². The number of methoxy groups -OCH3 is 1. The Kier molecular flexibility index (Phi) is 5.71. The first-order chi connectivity index (χ1) is 15.2. The first-order valence-corrected chi connectivity index (χ1v) is 11.1. The van der Waals surface area contributed by atoms with E-state index in [1.165, 1.54) is 0 Å². The number of fused-ring (bicyclic) bond motifs is 1. The summed E-state index contributed by atoms with van der Waals surface area (Å²) in [6, 6.07) is 3.67. The van der Waals surface area contributed by atoms with Gasteiger partial charge in [-0.2, -0.15) is 0 Å². The van der Waals surface area contributed by atoms with Crippen molar-refractivity contribution in [2.24, 2.45) is 0 Å². The van der Waals surface area contributed by atoms with Gasteiger partial charge in [-0.05, 0) is 58.0 Å². The number of likely N-dealkylation sites (N-methyl/N-ethyl adjacent to an activating group) is 1. The number of carbonyl (C=O) groups is 2. The molecule has 0 aromatic heterocycles. The van der Waals surface area contributed by atoms with Crippen molar-refractivity contribution in [3.63, 3.8) is 0 Å². The van der Waals surface area contributed by atoms with Crippen LogP contribution in [0.3, 0.4) is 0 Å². The highest BCUT2D eigenvalue weighted by Gasteiger charge is 2.69. The molecule has 1 fully saturated rings. The molecule has 1 unspecified atom stereocenters. The third kappa shape index (κ3) is 3.19. The van der Waals surface area contributed by atoms with Crippen LogP contribution in [0.1, 0.15) is 50.2 Å². The Hall–Kier alpha value is -2.58. The van der Waals surface area contributed by atoms with E-state index in [4.69, 9.17) is 19.3 Å². The number of aliphatic carboxylic acids is 1. The minimum Gasteiger partial charge on any atom is -0.493 e. The van der Waals surface area contributed by atoms with E-state index in [0.29, 0.717) is 30.1 Å². The van der Waals surface area contributed by atoms with Crippen molar-refractivity contribution in [3.05, 3.63) is 35.1 Å². The quantitative estimate of drug-likeness (QED) is 0.644. The third-order valence-electron chi connectivity index (χ3n) is 7.54. The molecule has 4 rings (SSSR count). The maximum absolute atomic E-state index is 12.5. The Labute approximate surface area is 187 Å². The predicted octanol–water partition coefficient (Wildman–Crippen LogP) is 2.54. The van der Waals surface area contributed by atoms with Crippen molar-refractivity contribution < 1.29 is 34.0 Å². The Morgan fingerprint density at radius 1 is 1.31 bits per heavy atom. The highest BCUT2D eigenvalue weighted by atomic mass is 16.6. The molecule has 174 valence electrons. The van der Waals surface area contributed by atoms with Crippen molar-refractivity contribution in [1.29, 1.82) is 0 Å². The first kappa shape index (κ1) is 22.6. The van der Waals surface area contributed by atoms with Crippen LogP contribution >= 0.6 is 0 Å². The zero-order valence-electron chi connectivity index (χ0n) is 19.0. The molecule has 0 bridgehead atoms. The summed E-state index contributed by atoms with van der Waals surface area (Å²) in [5, 5.41) is 21.0. The summed E-state index contributed by atoms with van der Waals surface area (Å²) in [7, 11) is 3.58. The zero-order valence-corrected chi connectivity index (χ0v) is 19.0. The summed E-state index contributed by atoms with van der Waals surface area (Å²) in [5.41, 5.74) is -0.0192. The van der Waals surface area contributed by atoms with E-state index >= 15 is 0 Å². The Bertz CT molecular complexity index is 973. The van der Waals surface area contributed by atoms with E-state index in [2.05, 4.69) is 4.90 Å². The van der Waals surface area contributed by atoms with Gasteiger partial charge in [-0.15, -0.1) is 0 Å². The van der Waals surface area contributed by atoms with Crippen LogP contribution in [0.5, 0.6) is 11.5 Å². The molecular formula is C24H31NO7. The maximum atomic E-state index is 12.5. The average Bonchev–Trinajstić information content (AvgIpc) is 3.11. The van der Waals surface area contributed by atoms with Crippen LogP contribution in [0.2, 0.25) is 0 Å². The summed E-state index contributed by atoms with van der Waals surface area (Å²) in [6.07, 6.45) is 2.13. The van der Waals surface area contributed by atoms with Gasteiger partial charge < -0.3 is 29.3 Å². The fourth-order valence-corrected chi connectivity index (χ4v) is 5.72. The number of carboxylic acids is 1. The molecule has 3 aliphatic rings. The number of aliphatic hydroxyl groups is 1. The molecule has 0 saturated carbocycles. The van der Waals surface area contributed by atoms with E-state index in [1.54, 1.807) is 13.2 Å². The third-order valence-corrected chi connectivity index (χ3v) is 7.54. The predicted molar refractivity (Wildman–Crippen MR) is 116 cm³/mol. The van der Waals surface area contributed by atoms with Crippen LogP contribution < -0.4 is 9.47 Å². The average molecular weight is 446 g/mol. The highest BCUT2D eigenvalue weighted by Crippen LogP contribution is 2.62. The number of piperidine rings is 1. The van der Waals surface area contributed by atoms with E-state index in [9.17, 15) is 14.7 Å². The molecule has 1 aliphatic carbocycles. The Morgan fingerprint density at radius 3 is 2.75 bits per heavy atom. The van der Waals surface area contributed by atoms with Crippen molar-refractivity contribution >= 4 is 11.9 Å². The van der Waals surface area contributed by atoms with Gasteiger partial charge in [0.1, 0.15) is 5.76 Å². The second-order valence-corrected chi connectivity index (χ2v) is 9.12. The number of nitrogens with zero attached hydrogens (tertiary/aromatic N) is 1. The molecule has 2 heterocycles. The molecule has 4 atom stereocenters. The smallest absolute Gasteiger partial charge is 0.310 e. The number of rotatable bonds is 6. The Balaban J connectivity index is 1.76. The molecule has 2 N–H and O–H groups in total. The van der Waals surface area contributed by atoms with Gasteiger partial charge in [0.25, 0.3) is 0 Å². The SMILES string of the molecule is COc1ccc(C)c2c1O[C@H]1C(OC(=O)CCCC(=O)O)=CC[C@@]3(O)C(C)N(C)CC[C@]213. The lowest BCUT2D eigenvalue weighted by Crippen LogP contribution is -2.71. The number of aryl methyl sites for hydroxylation is 1. The van der Waals surface area contributed by atoms with E-state index in [-0.39, 0.29) is 25.3 Å². The number of esters is 1. The molecule has 1 saturated heterocycles. The van der Waals surface area contributed by atoms with Gasteiger partial charge in [0, 0.05) is 30.9 Å². The van der Waals surface area contributed by atoms with Gasteiger partial charge in [0.05, 0.1) is 18.1 Å². The minimum absolute atomic E-state index is 0.00205. The largest absolute Gasteiger partial charge is 0.493 e.